The second-order valence-corrected chi connectivity index (χ2v) is 4.78. The van der Waals surface area contributed by atoms with Gasteiger partial charge in [-0.05, 0) is 31.4 Å². The Labute approximate surface area is 109 Å². The molecule has 0 saturated carbocycles. The first-order valence-electron chi connectivity index (χ1n) is 6.52. The van der Waals surface area contributed by atoms with Crippen LogP contribution in [0.2, 0.25) is 0 Å². The highest BCUT2D eigenvalue weighted by atomic mass is 16.1. The van der Waals surface area contributed by atoms with E-state index in [0.29, 0.717) is 17.4 Å². The fourth-order valence-electron chi connectivity index (χ4n) is 1.83. The van der Waals surface area contributed by atoms with Gasteiger partial charge < -0.3 is 10.6 Å². The summed E-state index contributed by atoms with van der Waals surface area (Å²) in [4.78, 5) is 16.2. The SMILES string of the molecule is CCC(C)CC(C)NC(=O)c1cccc(NC)n1. The van der Waals surface area contributed by atoms with Gasteiger partial charge in [0.25, 0.3) is 5.91 Å². The molecule has 1 rings (SSSR count). The molecule has 0 radical (unpaired) electrons. The summed E-state index contributed by atoms with van der Waals surface area (Å²) in [5.41, 5.74) is 0.456. The Morgan fingerprint density at radius 3 is 2.72 bits per heavy atom. The van der Waals surface area contributed by atoms with Crippen molar-refractivity contribution in [1.29, 1.82) is 0 Å². The third kappa shape index (κ3) is 4.35. The monoisotopic (exact) mass is 249 g/mol. The number of nitrogens with one attached hydrogen (secondary N) is 2. The third-order valence-corrected chi connectivity index (χ3v) is 3.07. The summed E-state index contributed by atoms with van der Waals surface area (Å²) in [6, 6.07) is 5.56. The van der Waals surface area contributed by atoms with Crippen molar-refractivity contribution in [2.45, 2.75) is 39.7 Å². The van der Waals surface area contributed by atoms with Crippen molar-refractivity contribution in [2.24, 2.45) is 5.92 Å². The number of carbonyl (C=O) groups excluding carboxylic acids is 1. The zero-order chi connectivity index (χ0) is 13.5. The van der Waals surface area contributed by atoms with E-state index in [1.807, 2.05) is 19.1 Å². The minimum absolute atomic E-state index is 0.108. The fraction of sp³-hybridized carbons (Fsp3) is 0.571. The van der Waals surface area contributed by atoms with Gasteiger partial charge in [0.2, 0.25) is 0 Å². The van der Waals surface area contributed by atoms with E-state index in [9.17, 15) is 4.79 Å². The second-order valence-electron chi connectivity index (χ2n) is 4.78. The van der Waals surface area contributed by atoms with Crippen LogP contribution in [0.4, 0.5) is 5.82 Å². The van der Waals surface area contributed by atoms with Gasteiger partial charge in [0.15, 0.2) is 0 Å². The van der Waals surface area contributed by atoms with Gasteiger partial charge >= 0.3 is 0 Å². The molecule has 0 aliphatic heterocycles. The summed E-state index contributed by atoms with van der Waals surface area (Å²) in [6.07, 6.45) is 2.13. The van der Waals surface area contributed by atoms with Crippen LogP contribution in [0.5, 0.6) is 0 Å². The Bertz CT molecular complexity index is 392. The number of nitrogens with zero attached hydrogens (tertiary/aromatic N) is 1. The summed E-state index contributed by atoms with van der Waals surface area (Å²) in [7, 11) is 1.79. The van der Waals surface area contributed by atoms with Crippen molar-refractivity contribution in [3.63, 3.8) is 0 Å². The maximum Gasteiger partial charge on any atom is 0.270 e. The summed E-state index contributed by atoms with van der Waals surface area (Å²) in [6.45, 7) is 6.39. The van der Waals surface area contributed by atoms with Crippen LogP contribution in [0.15, 0.2) is 18.2 Å². The summed E-state index contributed by atoms with van der Waals surface area (Å²) in [5, 5.41) is 5.91. The van der Waals surface area contributed by atoms with Crippen LogP contribution in [0.25, 0.3) is 0 Å². The minimum Gasteiger partial charge on any atom is -0.373 e. The first-order chi connectivity index (χ1) is 8.56. The number of carbonyl (C=O) groups is 1. The normalized spacial score (nSPS) is 13.8. The summed E-state index contributed by atoms with van der Waals surface area (Å²) in [5.74, 6) is 1.22. The van der Waals surface area contributed by atoms with E-state index in [1.165, 1.54) is 0 Å². The Balaban J connectivity index is 2.58. The molecule has 2 atom stereocenters. The third-order valence-electron chi connectivity index (χ3n) is 3.07. The van der Waals surface area contributed by atoms with Crippen molar-refractivity contribution < 1.29 is 4.79 Å². The van der Waals surface area contributed by atoms with Crippen molar-refractivity contribution in [3.05, 3.63) is 23.9 Å². The minimum atomic E-state index is -0.108. The Morgan fingerprint density at radius 1 is 1.39 bits per heavy atom. The Morgan fingerprint density at radius 2 is 2.11 bits per heavy atom. The smallest absolute Gasteiger partial charge is 0.270 e. The lowest BCUT2D eigenvalue weighted by atomic mass is 10.0. The number of rotatable bonds is 6. The summed E-state index contributed by atoms with van der Waals surface area (Å²) >= 11 is 0. The molecule has 0 saturated heterocycles. The molecule has 0 aromatic carbocycles. The largest absolute Gasteiger partial charge is 0.373 e. The highest BCUT2D eigenvalue weighted by molar-refractivity contribution is 5.92. The maximum absolute atomic E-state index is 12.0. The van der Waals surface area contributed by atoms with Crippen LogP contribution < -0.4 is 10.6 Å². The molecule has 1 amide bonds. The van der Waals surface area contributed by atoms with Gasteiger partial charge in [0.05, 0.1) is 0 Å². The van der Waals surface area contributed by atoms with Gasteiger partial charge in [-0.1, -0.05) is 26.3 Å². The average Bonchev–Trinajstić information content (AvgIpc) is 2.38. The lowest BCUT2D eigenvalue weighted by Crippen LogP contribution is -2.34. The van der Waals surface area contributed by atoms with Crippen molar-refractivity contribution >= 4 is 11.7 Å². The lowest BCUT2D eigenvalue weighted by molar-refractivity contribution is 0.0930. The number of anilines is 1. The molecule has 0 fully saturated rings. The first kappa shape index (κ1) is 14.5. The van der Waals surface area contributed by atoms with Gasteiger partial charge in [-0.25, -0.2) is 4.98 Å². The van der Waals surface area contributed by atoms with Gasteiger partial charge in [0, 0.05) is 13.1 Å². The molecule has 0 aliphatic carbocycles. The van der Waals surface area contributed by atoms with Crippen molar-refractivity contribution in [2.75, 3.05) is 12.4 Å². The Kier molecular flexibility index (Phi) is 5.62. The molecule has 2 unspecified atom stereocenters. The highest BCUT2D eigenvalue weighted by Gasteiger charge is 2.13. The van der Waals surface area contributed by atoms with Gasteiger partial charge in [-0.3, -0.25) is 4.79 Å². The van der Waals surface area contributed by atoms with Gasteiger partial charge in [0.1, 0.15) is 11.5 Å². The molecule has 100 valence electrons. The van der Waals surface area contributed by atoms with Gasteiger partial charge in [-0.2, -0.15) is 0 Å². The quantitative estimate of drug-likeness (QED) is 0.815. The zero-order valence-corrected chi connectivity index (χ0v) is 11.7. The van der Waals surface area contributed by atoms with Crippen LogP contribution in [0.3, 0.4) is 0 Å². The Hall–Kier alpha value is -1.58. The van der Waals surface area contributed by atoms with Gasteiger partial charge in [-0.15, -0.1) is 0 Å². The molecule has 0 aliphatic rings. The molecule has 18 heavy (non-hydrogen) atoms. The topological polar surface area (TPSA) is 54.0 Å². The molecule has 1 aromatic heterocycles. The highest BCUT2D eigenvalue weighted by Crippen LogP contribution is 2.10. The maximum atomic E-state index is 12.0. The molecule has 1 aromatic rings. The molecule has 4 heteroatoms. The van der Waals surface area contributed by atoms with Crippen molar-refractivity contribution in [1.82, 2.24) is 10.3 Å². The second kappa shape index (κ2) is 6.99. The van der Waals surface area contributed by atoms with E-state index in [1.54, 1.807) is 13.1 Å². The van der Waals surface area contributed by atoms with E-state index < -0.39 is 0 Å². The molecule has 0 bridgehead atoms. The number of hydrogen-bond donors (Lipinski definition) is 2. The molecular weight excluding hydrogens is 226 g/mol. The molecule has 0 spiro atoms. The van der Waals surface area contributed by atoms with E-state index in [0.717, 1.165) is 12.8 Å². The molecule has 1 heterocycles. The van der Waals surface area contributed by atoms with E-state index in [-0.39, 0.29) is 11.9 Å². The molecular formula is C14H23N3O. The first-order valence-corrected chi connectivity index (χ1v) is 6.52. The molecule has 2 N–H and O–H groups in total. The average molecular weight is 249 g/mol. The van der Waals surface area contributed by atoms with Crippen LogP contribution in [-0.4, -0.2) is 24.0 Å². The van der Waals surface area contributed by atoms with Crippen LogP contribution in [-0.2, 0) is 0 Å². The number of hydrogen-bond acceptors (Lipinski definition) is 3. The van der Waals surface area contributed by atoms with E-state index in [4.69, 9.17) is 0 Å². The summed E-state index contributed by atoms with van der Waals surface area (Å²) < 4.78 is 0. The van der Waals surface area contributed by atoms with Crippen molar-refractivity contribution in [3.8, 4) is 0 Å². The van der Waals surface area contributed by atoms with Crippen LogP contribution in [0.1, 0.15) is 44.1 Å². The standard InChI is InChI=1S/C14H23N3O/c1-5-10(2)9-11(3)16-14(18)12-7-6-8-13(15-4)17-12/h6-8,10-11H,5,9H2,1-4H3,(H,15,17)(H,16,18). The van der Waals surface area contributed by atoms with Crippen LogP contribution >= 0.6 is 0 Å². The molecule has 4 nitrogen and oxygen atoms in total. The number of pyridine rings is 1. The predicted molar refractivity (Wildman–Crippen MR) is 74.8 cm³/mol. The lowest BCUT2D eigenvalue weighted by Gasteiger charge is -2.17. The zero-order valence-electron chi connectivity index (χ0n) is 11.7. The number of aromatic nitrogens is 1. The predicted octanol–water partition coefficient (Wildman–Crippen LogP) is 2.68. The van der Waals surface area contributed by atoms with E-state index >= 15 is 0 Å². The number of amides is 1. The van der Waals surface area contributed by atoms with E-state index in [2.05, 4.69) is 29.5 Å². The van der Waals surface area contributed by atoms with Crippen LogP contribution in [0, 0.1) is 5.92 Å². The fourth-order valence-corrected chi connectivity index (χ4v) is 1.83.